The highest BCUT2D eigenvalue weighted by molar-refractivity contribution is 7.21. The van der Waals surface area contributed by atoms with Crippen molar-refractivity contribution in [3.8, 4) is 0 Å². The van der Waals surface area contributed by atoms with Gasteiger partial charge in [0, 0.05) is 0 Å². The standard InChI is InChI=1S/C15H17N2O2S/c1-9(2)8-16-13(18)10(3)14(19)17-11-6-4-5-7-12(11)20-15(16)17/h4-7,9-10H,8H2,1-3H3/q+1. The second-order valence-corrected chi connectivity index (χ2v) is 6.60. The van der Waals surface area contributed by atoms with Gasteiger partial charge in [-0.3, -0.25) is 0 Å². The predicted molar refractivity (Wildman–Crippen MR) is 79.0 cm³/mol. The highest BCUT2D eigenvalue weighted by Crippen LogP contribution is 2.31. The van der Waals surface area contributed by atoms with Crippen molar-refractivity contribution in [1.82, 2.24) is 0 Å². The van der Waals surface area contributed by atoms with Gasteiger partial charge in [-0.15, -0.1) is 4.57 Å². The van der Waals surface area contributed by atoms with Gasteiger partial charge >= 0.3 is 16.9 Å². The number of anilines is 1. The van der Waals surface area contributed by atoms with Gasteiger partial charge in [-0.25, -0.2) is 9.59 Å². The van der Waals surface area contributed by atoms with Crippen LogP contribution in [0.2, 0.25) is 0 Å². The van der Waals surface area contributed by atoms with Crippen LogP contribution in [0.15, 0.2) is 24.3 Å². The van der Waals surface area contributed by atoms with E-state index in [2.05, 4.69) is 13.8 Å². The average Bonchev–Trinajstić information content (AvgIpc) is 2.80. The van der Waals surface area contributed by atoms with Crippen LogP contribution < -0.4 is 9.47 Å². The minimum absolute atomic E-state index is 0.0877. The maximum Gasteiger partial charge on any atom is 0.352 e. The van der Waals surface area contributed by atoms with E-state index < -0.39 is 5.92 Å². The Morgan fingerprint density at radius 3 is 2.70 bits per heavy atom. The molecule has 2 heterocycles. The molecule has 3 rings (SSSR count). The average molecular weight is 289 g/mol. The van der Waals surface area contributed by atoms with Gasteiger partial charge in [-0.1, -0.05) is 26.0 Å². The third-order valence-corrected chi connectivity index (χ3v) is 4.66. The summed E-state index contributed by atoms with van der Waals surface area (Å²) in [5.74, 6) is -0.458. The molecule has 1 unspecified atom stereocenters. The quantitative estimate of drug-likeness (QED) is 0.629. The maximum atomic E-state index is 12.5. The molecule has 1 aromatic carbocycles. The van der Waals surface area contributed by atoms with Gasteiger partial charge in [0.2, 0.25) is 0 Å². The fraction of sp³-hybridized carbons (Fsp3) is 0.400. The highest BCUT2D eigenvalue weighted by atomic mass is 32.1. The van der Waals surface area contributed by atoms with Crippen LogP contribution in [0.4, 0.5) is 5.13 Å². The molecular formula is C15H17N2O2S+. The number of rotatable bonds is 2. The van der Waals surface area contributed by atoms with Gasteiger partial charge in [-0.2, -0.15) is 4.90 Å². The molecule has 0 spiro atoms. The van der Waals surface area contributed by atoms with Crippen molar-refractivity contribution in [2.75, 3.05) is 11.4 Å². The summed E-state index contributed by atoms with van der Waals surface area (Å²) in [6, 6.07) is 7.79. The molecule has 0 fully saturated rings. The van der Waals surface area contributed by atoms with Crippen LogP contribution in [0, 0.1) is 11.8 Å². The van der Waals surface area contributed by atoms with Crippen molar-refractivity contribution >= 4 is 38.5 Å². The number of thiazole rings is 1. The summed E-state index contributed by atoms with van der Waals surface area (Å²) >= 11 is 1.51. The molecule has 0 N–H and O–H groups in total. The number of fused-ring (bicyclic) bond motifs is 3. The highest BCUT2D eigenvalue weighted by Gasteiger charge is 2.46. The molecule has 0 saturated heterocycles. The van der Waals surface area contributed by atoms with Crippen LogP contribution in [-0.2, 0) is 4.79 Å². The van der Waals surface area contributed by atoms with Crippen molar-refractivity contribution in [3.63, 3.8) is 0 Å². The van der Waals surface area contributed by atoms with E-state index in [0.717, 1.165) is 15.3 Å². The number of amides is 1. The lowest BCUT2D eigenvalue weighted by Gasteiger charge is -2.23. The van der Waals surface area contributed by atoms with E-state index in [1.807, 2.05) is 24.3 Å². The van der Waals surface area contributed by atoms with Crippen LogP contribution in [-0.4, -0.2) is 18.4 Å². The van der Waals surface area contributed by atoms with Crippen molar-refractivity contribution < 1.29 is 14.2 Å². The first-order valence-electron chi connectivity index (χ1n) is 6.80. The first-order chi connectivity index (χ1) is 9.50. The lowest BCUT2D eigenvalue weighted by molar-refractivity contribution is -0.532. The van der Waals surface area contributed by atoms with E-state index in [1.165, 1.54) is 11.3 Å². The van der Waals surface area contributed by atoms with Gasteiger partial charge in [0.1, 0.15) is 0 Å². The summed E-state index contributed by atoms with van der Waals surface area (Å²) in [6.07, 6.45) is 0. The largest absolute Gasteiger partial charge is 0.352 e. The van der Waals surface area contributed by atoms with Gasteiger partial charge < -0.3 is 0 Å². The minimum atomic E-state index is -0.607. The summed E-state index contributed by atoms with van der Waals surface area (Å²) in [4.78, 5) is 26.6. The zero-order valence-corrected chi connectivity index (χ0v) is 12.6. The third-order valence-electron chi connectivity index (χ3n) is 3.50. The number of carbonyl (C=O) groups is 2. The lowest BCUT2D eigenvalue weighted by Crippen LogP contribution is -2.60. The Labute approximate surface area is 121 Å². The molecule has 0 saturated carbocycles. The molecular weight excluding hydrogens is 272 g/mol. The number of aromatic nitrogens is 1. The van der Waals surface area contributed by atoms with Crippen LogP contribution in [0.3, 0.4) is 0 Å². The monoisotopic (exact) mass is 289 g/mol. The van der Waals surface area contributed by atoms with Crippen LogP contribution in [0.25, 0.3) is 10.2 Å². The Bertz CT molecular complexity index is 705. The van der Waals surface area contributed by atoms with E-state index in [4.69, 9.17) is 0 Å². The summed E-state index contributed by atoms with van der Waals surface area (Å²) in [5.41, 5.74) is 0.894. The molecule has 2 aromatic rings. The second-order valence-electron chi connectivity index (χ2n) is 5.59. The van der Waals surface area contributed by atoms with Crippen molar-refractivity contribution in [1.29, 1.82) is 0 Å². The van der Waals surface area contributed by atoms with Crippen LogP contribution in [0.1, 0.15) is 25.6 Å². The van der Waals surface area contributed by atoms with Gasteiger partial charge in [0.05, 0.1) is 11.2 Å². The Kier molecular flexibility index (Phi) is 3.09. The van der Waals surface area contributed by atoms with E-state index in [0.29, 0.717) is 12.5 Å². The lowest BCUT2D eigenvalue weighted by atomic mass is 10.1. The summed E-state index contributed by atoms with van der Waals surface area (Å²) in [5, 5.41) is 0.744. The Hall–Kier alpha value is -1.75. The zero-order chi connectivity index (χ0) is 14.4. The number of para-hydroxylation sites is 1. The molecule has 4 nitrogen and oxygen atoms in total. The van der Waals surface area contributed by atoms with Crippen molar-refractivity contribution in [2.24, 2.45) is 11.8 Å². The Morgan fingerprint density at radius 2 is 2.00 bits per heavy atom. The van der Waals surface area contributed by atoms with E-state index in [-0.39, 0.29) is 11.8 Å². The smallest absolute Gasteiger partial charge is 0.246 e. The number of nitrogens with zero attached hydrogens (tertiary/aromatic N) is 2. The molecule has 1 aliphatic heterocycles. The third kappa shape index (κ3) is 1.85. The number of hydrogen-bond acceptors (Lipinski definition) is 3. The Balaban J connectivity index is 2.24. The van der Waals surface area contributed by atoms with E-state index >= 15 is 0 Å². The normalized spacial score (nSPS) is 19.0. The molecule has 20 heavy (non-hydrogen) atoms. The molecule has 1 atom stereocenters. The Morgan fingerprint density at radius 1 is 1.30 bits per heavy atom. The predicted octanol–water partition coefficient (Wildman–Crippen LogP) is 2.47. The number of carbonyl (C=O) groups excluding carboxylic acids is 2. The molecule has 0 radical (unpaired) electrons. The topological polar surface area (TPSA) is 41.3 Å². The van der Waals surface area contributed by atoms with Gasteiger partial charge in [0.25, 0.3) is 0 Å². The molecule has 1 aromatic heterocycles. The van der Waals surface area contributed by atoms with Crippen LogP contribution in [0.5, 0.6) is 0 Å². The van der Waals surface area contributed by atoms with Crippen molar-refractivity contribution in [3.05, 3.63) is 24.3 Å². The SMILES string of the molecule is CC(C)CN1C(=O)C(C)C(=O)[n+]2c1sc1ccccc12. The first kappa shape index (κ1) is 13.2. The molecule has 104 valence electrons. The zero-order valence-electron chi connectivity index (χ0n) is 11.8. The molecule has 1 amide bonds. The maximum absolute atomic E-state index is 12.5. The van der Waals surface area contributed by atoms with Gasteiger partial charge in [-0.05, 0) is 36.3 Å². The van der Waals surface area contributed by atoms with Crippen molar-refractivity contribution in [2.45, 2.75) is 20.8 Å². The number of benzene rings is 1. The first-order valence-corrected chi connectivity index (χ1v) is 7.61. The van der Waals surface area contributed by atoms with E-state index in [9.17, 15) is 9.59 Å². The summed E-state index contributed by atoms with van der Waals surface area (Å²) < 4.78 is 2.74. The van der Waals surface area contributed by atoms with Crippen LogP contribution >= 0.6 is 11.3 Å². The summed E-state index contributed by atoms with van der Waals surface area (Å²) in [7, 11) is 0. The molecule has 0 bridgehead atoms. The minimum Gasteiger partial charge on any atom is -0.246 e. The van der Waals surface area contributed by atoms with E-state index in [1.54, 1.807) is 16.4 Å². The molecule has 0 aliphatic carbocycles. The fourth-order valence-corrected chi connectivity index (χ4v) is 3.69. The second kappa shape index (κ2) is 4.66. The molecule has 5 heteroatoms. The van der Waals surface area contributed by atoms with Gasteiger partial charge in [0.15, 0.2) is 11.4 Å². The summed E-state index contributed by atoms with van der Waals surface area (Å²) in [6.45, 7) is 6.49. The number of hydrogen-bond donors (Lipinski definition) is 0. The molecule has 1 aliphatic rings. The fourth-order valence-electron chi connectivity index (χ4n) is 2.52.